The molecule has 0 aliphatic carbocycles. The van der Waals surface area contributed by atoms with Crippen LogP contribution in [0.1, 0.15) is 57.8 Å². The van der Waals surface area contributed by atoms with Gasteiger partial charge in [0.1, 0.15) is 17.5 Å². The van der Waals surface area contributed by atoms with Crippen LogP contribution in [-0.4, -0.2) is 29.1 Å². The SMILES string of the molecule is CNc1nc(C(C)C)nc(N2CCCC2(C)C)c1C. The van der Waals surface area contributed by atoms with E-state index in [2.05, 4.69) is 49.8 Å². The summed E-state index contributed by atoms with van der Waals surface area (Å²) in [5.41, 5.74) is 1.35. The van der Waals surface area contributed by atoms with E-state index in [-0.39, 0.29) is 5.54 Å². The van der Waals surface area contributed by atoms with Gasteiger partial charge in [-0.25, -0.2) is 9.97 Å². The van der Waals surface area contributed by atoms with E-state index in [0.717, 1.165) is 29.6 Å². The van der Waals surface area contributed by atoms with Gasteiger partial charge in [0.15, 0.2) is 0 Å². The molecule has 4 heteroatoms. The highest BCUT2D eigenvalue weighted by Gasteiger charge is 2.34. The van der Waals surface area contributed by atoms with Gasteiger partial charge in [0, 0.05) is 30.6 Å². The molecule has 1 aliphatic rings. The molecule has 1 N–H and O–H groups in total. The van der Waals surface area contributed by atoms with Crippen molar-refractivity contribution in [1.29, 1.82) is 0 Å². The molecule has 1 fully saturated rings. The summed E-state index contributed by atoms with van der Waals surface area (Å²) in [6.45, 7) is 12.1. The average Bonchev–Trinajstić information content (AvgIpc) is 2.69. The largest absolute Gasteiger partial charge is 0.373 e. The fourth-order valence-corrected chi connectivity index (χ4v) is 2.79. The minimum atomic E-state index is 0.193. The predicted octanol–water partition coefficient (Wildman–Crippen LogP) is 3.33. The highest BCUT2D eigenvalue weighted by molar-refractivity contribution is 5.60. The first-order valence-electron chi connectivity index (χ1n) is 7.20. The Labute approximate surface area is 116 Å². The van der Waals surface area contributed by atoms with Crippen LogP contribution in [0.3, 0.4) is 0 Å². The molecule has 2 rings (SSSR count). The van der Waals surface area contributed by atoms with Crippen molar-refractivity contribution in [3.63, 3.8) is 0 Å². The van der Waals surface area contributed by atoms with Gasteiger partial charge in [-0.15, -0.1) is 0 Å². The van der Waals surface area contributed by atoms with Crippen LogP contribution in [-0.2, 0) is 0 Å². The van der Waals surface area contributed by atoms with Gasteiger partial charge in [-0.05, 0) is 33.6 Å². The quantitative estimate of drug-likeness (QED) is 0.907. The van der Waals surface area contributed by atoms with Gasteiger partial charge >= 0.3 is 0 Å². The number of hydrogen-bond donors (Lipinski definition) is 1. The molecule has 4 nitrogen and oxygen atoms in total. The van der Waals surface area contributed by atoms with E-state index in [1.54, 1.807) is 0 Å². The lowest BCUT2D eigenvalue weighted by molar-refractivity contribution is 0.512. The van der Waals surface area contributed by atoms with Crippen molar-refractivity contribution in [3.8, 4) is 0 Å². The van der Waals surface area contributed by atoms with Crippen LogP contribution in [0.25, 0.3) is 0 Å². The predicted molar refractivity (Wildman–Crippen MR) is 81.1 cm³/mol. The van der Waals surface area contributed by atoms with Crippen molar-refractivity contribution in [3.05, 3.63) is 11.4 Å². The second-order valence-electron chi connectivity index (χ2n) is 6.35. The van der Waals surface area contributed by atoms with E-state index in [4.69, 9.17) is 4.98 Å². The molecule has 0 spiro atoms. The Morgan fingerprint density at radius 1 is 1.26 bits per heavy atom. The minimum absolute atomic E-state index is 0.193. The Balaban J connectivity index is 2.52. The molecule has 2 heterocycles. The van der Waals surface area contributed by atoms with E-state index >= 15 is 0 Å². The van der Waals surface area contributed by atoms with Crippen molar-refractivity contribution in [2.75, 3.05) is 23.8 Å². The molecule has 1 aromatic rings. The fraction of sp³-hybridized carbons (Fsp3) is 0.733. The molecule has 0 unspecified atom stereocenters. The number of nitrogens with zero attached hydrogens (tertiary/aromatic N) is 3. The normalized spacial score (nSPS) is 18.2. The van der Waals surface area contributed by atoms with Crippen LogP contribution in [0.4, 0.5) is 11.6 Å². The van der Waals surface area contributed by atoms with E-state index in [1.165, 1.54) is 12.8 Å². The zero-order chi connectivity index (χ0) is 14.2. The van der Waals surface area contributed by atoms with E-state index in [1.807, 2.05) is 7.05 Å². The highest BCUT2D eigenvalue weighted by atomic mass is 15.3. The van der Waals surface area contributed by atoms with Crippen LogP contribution >= 0.6 is 0 Å². The van der Waals surface area contributed by atoms with Gasteiger partial charge in [-0.2, -0.15) is 0 Å². The highest BCUT2D eigenvalue weighted by Crippen LogP contribution is 2.36. The monoisotopic (exact) mass is 262 g/mol. The van der Waals surface area contributed by atoms with Crippen LogP contribution in [0, 0.1) is 6.92 Å². The molecule has 1 aliphatic heterocycles. The third kappa shape index (κ3) is 2.53. The van der Waals surface area contributed by atoms with E-state index in [0.29, 0.717) is 5.92 Å². The maximum atomic E-state index is 4.83. The maximum absolute atomic E-state index is 4.83. The first-order valence-corrected chi connectivity index (χ1v) is 7.20. The summed E-state index contributed by atoms with van der Waals surface area (Å²) in [5.74, 6) is 3.33. The Bertz CT molecular complexity index is 465. The summed E-state index contributed by atoms with van der Waals surface area (Å²) in [4.78, 5) is 11.9. The van der Waals surface area contributed by atoms with Crippen molar-refractivity contribution in [2.24, 2.45) is 0 Å². The number of nitrogens with one attached hydrogen (secondary N) is 1. The second-order valence-corrected chi connectivity index (χ2v) is 6.35. The number of rotatable bonds is 3. The zero-order valence-electron chi connectivity index (χ0n) is 13.0. The molecular formula is C15H26N4. The molecule has 1 aromatic heterocycles. The van der Waals surface area contributed by atoms with Crippen molar-refractivity contribution in [1.82, 2.24) is 9.97 Å². The standard InChI is InChI=1S/C15H26N4/c1-10(2)12-17-13(16-6)11(3)14(18-12)19-9-7-8-15(19,4)5/h10H,7-9H2,1-6H3,(H,16,17,18). The second kappa shape index (κ2) is 4.99. The number of aromatic nitrogens is 2. The lowest BCUT2D eigenvalue weighted by Crippen LogP contribution is -2.39. The van der Waals surface area contributed by atoms with E-state index in [9.17, 15) is 0 Å². The fourth-order valence-electron chi connectivity index (χ4n) is 2.79. The van der Waals surface area contributed by atoms with Gasteiger partial charge in [0.25, 0.3) is 0 Å². The maximum Gasteiger partial charge on any atom is 0.137 e. The molecule has 1 saturated heterocycles. The van der Waals surface area contributed by atoms with Gasteiger partial charge < -0.3 is 10.2 Å². The third-order valence-corrected chi connectivity index (χ3v) is 4.05. The molecule has 0 atom stereocenters. The Morgan fingerprint density at radius 2 is 1.95 bits per heavy atom. The molecule has 0 aromatic carbocycles. The number of anilines is 2. The summed E-state index contributed by atoms with van der Waals surface area (Å²) < 4.78 is 0. The Morgan fingerprint density at radius 3 is 2.42 bits per heavy atom. The summed E-state index contributed by atoms with van der Waals surface area (Å²) >= 11 is 0. The first-order chi connectivity index (χ1) is 8.86. The molecule has 0 radical (unpaired) electrons. The smallest absolute Gasteiger partial charge is 0.137 e. The van der Waals surface area contributed by atoms with Crippen molar-refractivity contribution in [2.45, 2.75) is 58.9 Å². The van der Waals surface area contributed by atoms with Gasteiger partial charge in [-0.3, -0.25) is 0 Å². The molecule has 106 valence electrons. The van der Waals surface area contributed by atoms with Gasteiger partial charge in [0.05, 0.1) is 0 Å². The van der Waals surface area contributed by atoms with Crippen molar-refractivity contribution < 1.29 is 0 Å². The molecule has 0 amide bonds. The molecular weight excluding hydrogens is 236 g/mol. The van der Waals surface area contributed by atoms with Crippen LogP contribution < -0.4 is 10.2 Å². The summed E-state index contributed by atoms with van der Waals surface area (Å²) in [7, 11) is 1.93. The lowest BCUT2D eigenvalue weighted by atomic mass is 10.0. The van der Waals surface area contributed by atoms with E-state index < -0.39 is 0 Å². The zero-order valence-corrected chi connectivity index (χ0v) is 13.0. The molecule has 19 heavy (non-hydrogen) atoms. The Kier molecular flexibility index (Phi) is 3.70. The van der Waals surface area contributed by atoms with Gasteiger partial charge in [-0.1, -0.05) is 13.8 Å². The number of hydrogen-bond acceptors (Lipinski definition) is 4. The topological polar surface area (TPSA) is 41.1 Å². The third-order valence-electron chi connectivity index (χ3n) is 4.05. The summed E-state index contributed by atoms with van der Waals surface area (Å²) in [5, 5.41) is 3.20. The van der Waals surface area contributed by atoms with Crippen LogP contribution in [0.5, 0.6) is 0 Å². The molecule has 0 saturated carbocycles. The minimum Gasteiger partial charge on any atom is -0.373 e. The average molecular weight is 262 g/mol. The lowest BCUT2D eigenvalue weighted by Gasteiger charge is -2.34. The van der Waals surface area contributed by atoms with Gasteiger partial charge in [0.2, 0.25) is 0 Å². The summed E-state index contributed by atoms with van der Waals surface area (Å²) in [6.07, 6.45) is 2.46. The summed E-state index contributed by atoms with van der Waals surface area (Å²) in [6, 6.07) is 0. The van der Waals surface area contributed by atoms with Crippen molar-refractivity contribution >= 4 is 11.6 Å². The Hall–Kier alpha value is -1.32. The molecule has 0 bridgehead atoms. The first kappa shape index (κ1) is 14.1. The van der Waals surface area contributed by atoms with Crippen LogP contribution in [0.2, 0.25) is 0 Å². The van der Waals surface area contributed by atoms with Crippen LogP contribution in [0.15, 0.2) is 0 Å².